The van der Waals surface area contributed by atoms with E-state index in [1.807, 2.05) is 6.92 Å². The number of hydrogen-bond donors (Lipinski definition) is 0. The van der Waals surface area contributed by atoms with Crippen LogP contribution in [0.4, 0.5) is 0 Å². The lowest BCUT2D eigenvalue weighted by atomic mass is 9.66. The molecule has 0 heterocycles. The van der Waals surface area contributed by atoms with E-state index >= 15 is 0 Å². The molecule has 0 amide bonds. The number of ketones is 2. The molecule has 0 radical (unpaired) electrons. The molecule has 0 aromatic carbocycles. The van der Waals surface area contributed by atoms with Gasteiger partial charge in [-0.05, 0) is 37.3 Å². The van der Waals surface area contributed by atoms with E-state index in [-0.39, 0.29) is 22.4 Å². The van der Waals surface area contributed by atoms with E-state index in [0.717, 1.165) is 19.3 Å². The largest absolute Gasteiger partial charge is 0.295 e. The number of carbonyl (C=O) groups is 2. The molecule has 0 N–H and O–H groups in total. The van der Waals surface area contributed by atoms with E-state index in [4.69, 9.17) is 0 Å². The second kappa shape index (κ2) is 3.92. The minimum absolute atomic E-state index is 0.0468. The van der Waals surface area contributed by atoms with E-state index in [1.165, 1.54) is 19.1 Å². The fourth-order valence-electron chi connectivity index (χ4n) is 2.33. The molecule has 84 valence electrons. The van der Waals surface area contributed by atoms with Crippen molar-refractivity contribution in [2.45, 2.75) is 47.0 Å². The fraction of sp³-hybridized carbons (Fsp3) is 0.692. The normalized spacial score (nSPS) is 29.6. The zero-order valence-corrected chi connectivity index (χ0v) is 10.1. The van der Waals surface area contributed by atoms with Crippen LogP contribution < -0.4 is 0 Å². The maximum absolute atomic E-state index is 12.0. The minimum atomic E-state index is -0.293. The smallest absolute Gasteiger partial charge is 0.162 e. The van der Waals surface area contributed by atoms with Crippen molar-refractivity contribution in [3.05, 3.63) is 12.2 Å². The molecule has 0 spiro atoms. The zero-order valence-electron chi connectivity index (χ0n) is 10.1. The second-order valence-electron chi connectivity index (χ2n) is 5.38. The first-order valence-electron chi connectivity index (χ1n) is 5.53. The quantitative estimate of drug-likeness (QED) is 0.668. The molecule has 1 fully saturated rings. The molecule has 0 bridgehead atoms. The standard InChI is InChI=1S/C13H20O2/c1-10(14)6-7-11(15)13(4)9-5-8-12(13,2)3/h6-7H,5,8-9H2,1-4H3/b7-6+/t13-/m0/s1. The predicted octanol–water partition coefficient (Wildman–Crippen LogP) is 2.92. The van der Waals surface area contributed by atoms with Crippen molar-refractivity contribution in [2.75, 3.05) is 0 Å². The maximum atomic E-state index is 12.0. The van der Waals surface area contributed by atoms with Crippen molar-refractivity contribution in [3.63, 3.8) is 0 Å². The van der Waals surface area contributed by atoms with Gasteiger partial charge in [-0.2, -0.15) is 0 Å². The van der Waals surface area contributed by atoms with Gasteiger partial charge >= 0.3 is 0 Å². The minimum Gasteiger partial charge on any atom is -0.295 e. The molecule has 0 aromatic heterocycles. The van der Waals surface area contributed by atoms with Gasteiger partial charge in [0.2, 0.25) is 0 Å². The van der Waals surface area contributed by atoms with Crippen LogP contribution in [-0.2, 0) is 9.59 Å². The molecule has 1 atom stereocenters. The molecule has 1 aliphatic carbocycles. The van der Waals surface area contributed by atoms with Crippen molar-refractivity contribution in [2.24, 2.45) is 10.8 Å². The Bertz CT molecular complexity index is 312. The predicted molar refractivity (Wildman–Crippen MR) is 60.6 cm³/mol. The summed E-state index contributed by atoms with van der Waals surface area (Å²) in [7, 11) is 0. The number of hydrogen-bond acceptors (Lipinski definition) is 2. The van der Waals surface area contributed by atoms with Gasteiger partial charge in [0, 0.05) is 5.41 Å². The Hall–Kier alpha value is -0.920. The molecular weight excluding hydrogens is 188 g/mol. The Balaban J connectivity index is 2.87. The molecular formula is C13H20O2. The van der Waals surface area contributed by atoms with Crippen LogP contribution in [0.15, 0.2) is 12.2 Å². The highest BCUT2D eigenvalue weighted by atomic mass is 16.1. The van der Waals surface area contributed by atoms with Crippen LogP contribution in [0.1, 0.15) is 47.0 Å². The van der Waals surface area contributed by atoms with Crippen molar-refractivity contribution < 1.29 is 9.59 Å². The van der Waals surface area contributed by atoms with Gasteiger partial charge in [0.15, 0.2) is 11.6 Å². The Morgan fingerprint density at radius 3 is 2.07 bits per heavy atom. The molecule has 2 nitrogen and oxygen atoms in total. The fourth-order valence-corrected chi connectivity index (χ4v) is 2.33. The Kier molecular flexibility index (Phi) is 3.17. The molecule has 0 saturated heterocycles. The summed E-state index contributed by atoms with van der Waals surface area (Å²) in [4.78, 5) is 22.8. The third-order valence-electron chi connectivity index (χ3n) is 3.99. The molecule has 2 heteroatoms. The number of allylic oxidation sites excluding steroid dienone is 2. The van der Waals surface area contributed by atoms with Crippen LogP contribution in [0.3, 0.4) is 0 Å². The number of rotatable bonds is 3. The van der Waals surface area contributed by atoms with Gasteiger partial charge < -0.3 is 0 Å². The van der Waals surface area contributed by atoms with Crippen LogP contribution >= 0.6 is 0 Å². The molecule has 1 aliphatic rings. The molecule has 0 unspecified atom stereocenters. The highest BCUT2D eigenvalue weighted by molar-refractivity contribution is 6.00. The lowest BCUT2D eigenvalue weighted by Gasteiger charge is -2.36. The van der Waals surface area contributed by atoms with Crippen LogP contribution in [-0.4, -0.2) is 11.6 Å². The SMILES string of the molecule is CC(=O)/C=C/C(=O)[C@]1(C)CCCC1(C)C. The lowest BCUT2D eigenvalue weighted by Crippen LogP contribution is -2.36. The first kappa shape index (κ1) is 12.2. The van der Waals surface area contributed by atoms with Gasteiger partial charge in [0.05, 0.1) is 0 Å². The van der Waals surface area contributed by atoms with Gasteiger partial charge in [-0.1, -0.05) is 27.2 Å². The third-order valence-corrected chi connectivity index (χ3v) is 3.99. The van der Waals surface area contributed by atoms with Gasteiger partial charge in [-0.25, -0.2) is 0 Å². The van der Waals surface area contributed by atoms with Gasteiger partial charge in [-0.3, -0.25) is 9.59 Å². The van der Waals surface area contributed by atoms with E-state index < -0.39 is 0 Å². The maximum Gasteiger partial charge on any atom is 0.162 e. The van der Waals surface area contributed by atoms with Crippen molar-refractivity contribution in [1.82, 2.24) is 0 Å². The molecule has 1 saturated carbocycles. The monoisotopic (exact) mass is 208 g/mol. The van der Waals surface area contributed by atoms with E-state index in [9.17, 15) is 9.59 Å². The first-order valence-corrected chi connectivity index (χ1v) is 5.53. The summed E-state index contributed by atoms with van der Waals surface area (Å²) in [5.41, 5.74) is -0.246. The Morgan fingerprint density at radius 1 is 1.07 bits per heavy atom. The second-order valence-corrected chi connectivity index (χ2v) is 5.38. The molecule has 15 heavy (non-hydrogen) atoms. The van der Waals surface area contributed by atoms with Gasteiger partial charge in [-0.15, -0.1) is 0 Å². The first-order chi connectivity index (χ1) is 6.79. The average Bonchev–Trinajstić information content (AvgIpc) is 2.38. The average molecular weight is 208 g/mol. The van der Waals surface area contributed by atoms with E-state index in [1.54, 1.807) is 0 Å². The summed E-state index contributed by atoms with van der Waals surface area (Å²) in [6.45, 7) is 7.76. The molecule has 0 aromatic rings. The number of carbonyl (C=O) groups excluding carboxylic acids is 2. The molecule has 1 rings (SSSR count). The van der Waals surface area contributed by atoms with E-state index in [2.05, 4.69) is 13.8 Å². The highest BCUT2D eigenvalue weighted by Gasteiger charge is 2.48. The van der Waals surface area contributed by atoms with E-state index in [0.29, 0.717) is 0 Å². The van der Waals surface area contributed by atoms with Crippen molar-refractivity contribution in [3.8, 4) is 0 Å². The third kappa shape index (κ3) is 2.19. The zero-order chi connectivity index (χ0) is 11.7. The summed E-state index contributed by atoms with van der Waals surface area (Å²) < 4.78 is 0. The van der Waals surface area contributed by atoms with Crippen LogP contribution in [0.2, 0.25) is 0 Å². The Labute approximate surface area is 91.7 Å². The van der Waals surface area contributed by atoms with Crippen molar-refractivity contribution in [1.29, 1.82) is 0 Å². The summed E-state index contributed by atoms with van der Waals surface area (Å²) in [5, 5.41) is 0. The van der Waals surface area contributed by atoms with Gasteiger partial charge in [0.1, 0.15) is 0 Å². The summed E-state index contributed by atoms with van der Waals surface area (Å²) in [5.74, 6) is 0.0305. The van der Waals surface area contributed by atoms with Crippen molar-refractivity contribution >= 4 is 11.6 Å². The van der Waals surface area contributed by atoms with Crippen LogP contribution in [0.25, 0.3) is 0 Å². The highest BCUT2D eigenvalue weighted by Crippen LogP contribution is 2.52. The van der Waals surface area contributed by atoms with Crippen LogP contribution in [0, 0.1) is 10.8 Å². The lowest BCUT2D eigenvalue weighted by molar-refractivity contribution is -0.127. The van der Waals surface area contributed by atoms with Gasteiger partial charge in [0.25, 0.3) is 0 Å². The van der Waals surface area contributed by atoms with Crippen LogP contribution in [0.5, 0.6) is 0 Å². The summed E-state index contributed by atoms with van der Waals surface area (Å²) in [6.07, 6.45) is 5.95. The topological polar surface area (TPSA) is 34.1 Å². The molecule has 0 aliphatic heterocycles. The summed E-state index contributed by atoms with van der Waals surface area (Å²) >= 11 is 0. The Morgan fingerprint density at radius 2 is 1.67 bits per heavy atom. The summed E-state index contributed by atoms with van der Waals surface area (Å²) in [6, 6.07) is 0.